The molecule has 3 heterocycles. The molecule has 136 valence electrons. The number of fused-ring (bicyclic) bond motifs is 5. The van der Waals surface area contributed by atoms with Crippen LogP contribution in [0.25, 0.3) is 49.0 Å². The highest BCUT2D eigenvalue weighted by Gasteiger charge is 2.23. The molecule has 6 aromatic rings. The Hall–Kier alpha value is -3.33. The van der Waals surface area contributed by atoms with Crippen LogP contribution in [-0.2, 0) is 7.05 Å². The molecule has 0 aliphatic rings. The molecule has 0 saturated carbocycles. The van der Waals surface area contributed by atoms with E-state index >= 15 is 0 Å². The van der Waals surface area contributed by atoms with Gasteiger partial charge in [0.25, 0.3) is 0 Å². The van der Waals surface area contributed by atoms with Crippen LogP contribution in [0.15, 0.2) is 60.8 Å². The van der Waals surface area contributed by atoms with E-state index in [1.54, 1.807) is 0 Å². The third-order valence-electron chi connectivity index (χ3n) is 6.26. The van der Waals surface area contributed by atoms with E-state index in [9.17, 15) is 0 Å². The summed E-state index contributed by atoms with van der Waals surface area (Å²) in [6.45, 7) is 2.23. The van der Waals surface area contributed by atoms with Crippen molar-refractivity contribution in [2.24, 2.45) is 7.05 Å². The van der Waals surface area contributed by atoms with Crippen molar-refractivity contribution in [2.45, 2.75) is 6.92 Å². The average Bonchev–Trinajstić information content (AvgIpc) is 3.02. The number of hydrogen-bond donors (Lipinski definition) is 0. The molecule has 0 radical (unpaired) electrons. The molecule has 3 nitrogen and oxygen atoms in total. The summed E-state index contributed by atoms with van der Waals surface area (Å²) in [4.78, 5) is 2.17. The van der Waals surface area contributed by atoms with Crippen molar-refractivity contribution in [3.63, 3.8) is 0 Å². The molecule has 0 aliphatic carbocycles. The van der Waals surface area contributed by atoms with Gasteiger partial charge in [-0.1, -0.05) is 30.3 Å². The van der Waals surface area contributed by atoms with Crippen LogP contribution in [0.3, 0.4) is 0 Å². The van der Waals surface area contributed by atoms with Crippen LogP contribution in [-0.4, -0.2) is 18.5 Å². The van der Waals surface area contributed by atoms with Gasteiger partial charge in [-0.2, -0.15) is 0 Å². The molecule has 0 spiro atoms. The van der Waals surface area contributed by atoms with Crippen LogP contribution in [0, 0.1) is 6.92 Å². The molecular formula is C25H22N3+. The Labute approximate surface area is 163 Å². The van der Waals surface area contributed by atoms with E-state index < -0.39 is 0 Å². The third kappa shape index (κ3) is 1.76. The van der Waals surface area contributed by atoms with Crippen LogP contribution >= 0.6 is 0 Å². The zero-order valence-corrected chi connectivity index (χ0v) is 16.6. The fourth-order valence-electron chi connectivity index (χ4n) is 4.91. The first kappa shape index (κ1) is 15.7. The summed E-state index contributed by atoms with van der Waals surface area (Å²) in [5, 5.41) is 6.62. The highest BCUT2D eigenvalue weighted by molar-refractivity contribution is 6.25. The van der Waals surface area contributed by atoms with E-state index in [1.165, 1.54) is 60.2 Å². The zero-order valence-electron chi connectivity index (χ0n) is 16.6. The minimum absolute atomic E-state index is 1.22. The van der Waals surface area contributed by atoms with Gasteiger partial charge in [0.2, 0.25) is 5.52 Å². The lowest BCUT2D eigenvalue weighted by Crippen LogP contribution is -2.28. The predicted molar refractivity (Wildman–Crippen MR) is 119 cm³/mol. The first-order valence-electron chi connectivity index (χ1n) is 9.73. The van der Waals surface area contributed by atoms with E-state index in [-0.39, 0.29) is 0 Å². The highest BCUT2D eigenvalue weighted by atomic mass is 15.1. The summed E-state index contributed by atoms with van der Waals surface area (Å²) in [6, 6.07) is 20.3. The van der Waals surface area contributed by atoms with Crippen molar-refractivity contribution in [3.05, 3.63) is 66.4 Å². The standard InChI is InChI=1S/C25H22N3/c1-15-8-10-19-18-11-9-17(26(2)3)14-21(18)28-20-7-5-6-16-12-13-27(4)25(23(16)20)22(15)24(19)28/h5-14H,1-4H3/q+1. The Kier molecular flexibility index (Phi) is 2.88. The number of benzene rings is 3. The molecule has 3 aromatic carbocycles. The molecule has 0 fully saturated rings. The Morgan fingerprint density at radius 2 is 1.68 bits per heavy atom. The predicted octanol–water partition coefficient (Wildman–Crippen LogP) is 5.19. The van der Waals surface area contributed by atoms with Gasteiger partial charge in [0.1, 0.15) is 7.05 Å². The molecule has 6 rings (SSSR count). The lowest BCUT2D eigenvalue weighted by atomic mass is 10.00. The quantitative estimate of drug-likeness (QED) is 0.222. The number of aryl methyl sites for hydroxylation is 2. The van der Waals surface area contributed by atoms with E-state index in [0.717, 1.165) is 0 Å². The molecule has 0 saturated heterocycles. The first-order valence-corrected chi connectivity index (χ1v) is 9.73. The maximum Gasteiger partial charge on any atom is 0.224 e. The minimum Gasteiger partial charge on any atom is -0.378 e. The van der Waals surface area contributed by atoms with Crippen LogP contribution in [0.1, 0.15) is 5.56 Å². The fraction of sp³-hybridized carbons (Fsp3) is 0.160. The fourth-order valence-corrected chi connectivity index (χ4v) is 4.91. The number of hydrogen-bond acceptors (Lipinski definition) is 1. The maximum atomic E-state index is 2.48. The summed E-state index contributed by atoms with van der Waals surface area (Å²) < 4.78 is 4.76. The summed E-state index contributed by atoms with van der Waals surface area (Å²) in [6.07, 6.45) is 2.18. The molecule has 0 amide bonds. The number of nitrogens with zero attached hydrogens (tertiary/aromatic N) is 3. The van der Waals surface area contributed by atoms with Crippen LogP contribution in [0.4, 0.5) is 5.69 Å². The third-order valence-corrected chi connectivity index (χ3v) is 6.26. The van der Waals surface area contributed by atoms with Crippen molar-refractivity contribution >= 4 is 54.7 Å². The van der Waals surface area contributed by atoms with Crippen LogP contribution < -0.4 is 9.47 Å². The van der Waals surface area contributed by atoms with Gasteiger partial charge in [-0.05, 0) is 36.1 Å². The van der Waals surface area contributed by atoms with Gasteiger partial charge in [-0.15, -0.1) is 0 Å². The van der Waals surface area contributed by atoms with Crippen molar-refractivity contribution < 1.29 is 4.57 Å². The molecule has 3 aromatic heterocycles. The largest absolute Gasteiger partial charge is 0.378 e. The first-order chi connectivity index (χ1) is 13.6. The molecule has 0 atom stereocenters. The molecule has 3 heteroatoms. The van der Waals surface area contributed by atoms with Crippen molar-refractivity contribution in [3.8, 4) is 0 Å². The normalized spacial score (nSPS) is 12.3. The van der Waals surface area contributed by atoms with Crippen LogP contribution in [0.2, 0.25) is 0 Å². The van der Waals surface area contributed by atoms with Gasteiger partial charge >= 0.3 is 0 Å². The molecule has 0 aliphatic heterocycles. The van der Waals surface area contributed by atoms with E-state index in [2.05, 4.69) is 103 Å². The Morgan fingerprint density at radius 3 is 2.50 bits per heavy atom. The summed E-state index contributed by atoms with van der Waals surface area (Å²) in [5.41, 5.74) is 7.74. The summed E-state index contributed by atoms with van der Waals surface area (Å²) >= 11 is 0. The van der Waals surface area contributed by atoms with Gasteiger partial charge in [-0.25, -0.2) is 4.57 Å². The summed E-state index contributed by atoms with van der Waals surface area (Å²) in [5.74, 6) is 0. The van der Waals surface area contributed by atoms with Crippen LogP contribution in [0.5, 0.6) is 0 Å². The molecule has 28 heavy (non-hydrogen) atoms. The minimum atomic E-state index is 1.22. The van der Waals surface area contributed by atoms with Crippen molar-refractivity contribution in [1.29, 1.82) is 0 Å². The maximum absolute atomic E-state index is 2.48. The second kappa shape index (κ2) is 5.14. The van der Waals surface area contributed by atoms with Gasteiger partial charge in [0, 0.05) is 36.6 Å². The molecule has 0 unspecified atom stereocenters. The van der Waals surface area contributed by atoms with E-state index in [1.807, 2.05) is 0 Å². The van der Waals surface area contributed by atoms with Crippen molar-refractivity contribution in [1.82, 2.24) is 4.40 Å². The monoisotopic (exact) mass is 364 g/mol. The topological polar surface area (TPSA) is 11.5 Å². The molecule has 0 N–H and O–H groups in total. The Balaban J connectivity index is 2.06. The van der Waals surface area contributed by atoms with Gasteiger partial charge in [-0.3, -0.25) is 0 Å². The lowest BCUT2D eigenvalue weighted by Gasteiger charge is -2.14. The van der Waals surface area contributed by atoms with Gasteiger partial charge in [0.05, 0.1) is 27.3 Å². The number of rotatable bonds is 1. The summed E-state index contributed by atoms with van der Waals surface area (Å²) in [7, 11) is 6.36. The number of aromatic nitrogens is 2. The van der Waals surface area contributed by atoms with E-state index in [0.29, 0.717) is 0 Å². The number of pyridine rings is 2. The highest BCUT2D eigenvalue weighted by Crippen LogP contribution is 2.41. The smallest absolute Gasteiger partial charge is 0.224 e. The Morgan fingerprint density at radius 1 is 0.857 bits per heavy atom. The Bertz CT molecular complexity index is 1550. The second-order valence-electron chi connectivity index (χ2n) is 8.10. The molecular weight excluding hydrogens is 342 g/mol. The zero-order chi connectivity index (χ0) is 19.2. The van der Waals surface area contributed by atoms with Gasteiger partial charge in [0.15, 0.2) is 6.20 Å². The van der Waals surface area contributed by atoms with E-state index in [4.69, 9.17) is 0 Å². The van der Waals surface area contributed by atoms with Gasteiger partial charge < -0.3 is 9.30 Å². The van der Waals surface area contributed by atoms with Crippen molar-refractivity contribution in [2.75, 3.05) is 19.0 Å². The second-order valence-corrected chi connectivity index (χ2v) is 8.10. The molecule has 0 bridgehead atoms. The lowest BCUT2D eigenvalue weighted by molar-refractivity contribution is -0.643. The SMILES string of the molecule is Cc1ccc2c3ccc(N(C)C)cc3n3c4cccc5cc[n+](C)c(c1c23)c54. The average molecular weight is 364 g/mol. The number of anilines is 1.